The molecule has 2 fully saturated rings. The van der Waals surface area contributed by atoms with Gasteiger partial charge in [0.1, 0.15) is 5.54 Å². The SMILES string of the molecule is CC1CC(NC(=O)c2ccc(C3(C)NC(=O)NC3=O)cc2)CCN1.Cl. The molecule has 3 atom stereocenters. The highest BCUT2D eigenvalue weighted by Crippen LogP contribution is 2.24. The lowest BCUT2D eigenvalue weighted by atomic mass is 9.91. The molecule has 136 valence electrons. The third kappa shape index (κ3) is 3.93. The summed E-state index contributed by atoms with van der Waals surface area (Å²) in [6.07, 6.45) is 1.83. The quantitative estimate of drug-likeness (QED) is 0.600. The van der Waals surface area contributed by atoms with Gasteiger partial charge in [-0.15, -0.1) is 12.4 Å². The standard InChI is InChI=1S/C17H22N4O3.ClH/c1-10-9-13(7-8-18-10)19-14(22)11-3-5-12(6-4-11)17(2)15(23)20-16(24)21-17;/h3-6,10,13,18H,7-9H2,1-2H3,(H,19,22)(H2,20,21,23,24);1H. The summed E-state index contributed by atoms with van der Waals surface area (Å²) >= 11 is 0. The number of benzene rings is 1. The number of carbonyl (C=O) groups is 3. The van der Waals surface area contributed by atoms with Crippen LogP contribution in [0, 0.1) is 0 Å². The van der Waals surface area contributed by atoms with Crippen LogP contribution in [0.1, 0.15) is 42.6 Å². The molecule has 1 aromatic carbocycles. The van der Waals surface area contributed by atoms with Gasteiger partial charge in [0.25, 0.3) is 11.8 Å². The van der Waals surface area contributed by atoms with Crippen LogP contribution in [0.3, 0.4) is 0 Å². The van der Waals surface area contributed by atoms with Gasteiger partial charge in [0.2, 0.25) is 0 Å². The Kier molecular flexibility index (Phi) is 5.69. The Morgan fingerprint density at radius 3 is 2.48 bits per heavy atom. The zero-order valence-corrected chi connectivity index (χ0v) is 15.0. The molecule has 0 aliphatic carbocycles. The molecule has 0 bridgehead atoms. The Hall–Kier alpha value is -2.12. The number of hydrogen-bond donors (Lipinski definition) is 4. The molecule has 8 heteroatoms. The molecule has 3 rings (SSSR count). The Balaban J connectivity index is 0.00000225. The number of piperidine rings is 1. The second-order valence-corrected chi connectivity index (χ2v) is 6.66. The van der Waals surface area contributed by atoms with Gasteiger partial charge in [-0.1, -0.05) is 12.1 Å². The summed E-state index contributed by atoms with van der Waals surface area (Å²) in [5.41, 5.74) is 0.0764. The van der Waals surface area contributed by atoms with E-state index in [4.69, 9.17) is 0 Å². The summed E-state index contributed by atoms with van der Waals surface area (Å²) in [5.74, 6) is -0.515. The van der Waals surface area contributed by atoms with Crippen molar-refractivity contribution < 1.29 is 14.4 Å². The van der Waals surface area contributed by atoms with Crippen LogP contribution < -0.4 is 21.3 Å². The maximum atomic E-state index is 12.4. The topological polar surface area (TPSA) is 99.3 Å². The lowest BCUT2D eigenvalue weighted by molar-refractivity contribution is -0.123. The van der Waals surface area contributed by atoms with Crippen molar-refractivity contribution >= 4 is 30.3 Å². The number of nitrogens with one attached hydrogen (secondary N) is 4. The van der Waals surface area contributed by atoms with Crippen molar-refractivity contribution in [2.45, 2.75) is 44.3 Å². The van der Waals surface area contributed by atoms with Crippen molar-refractivity contribution in [3.05, 3.63) is 35.4 Å². The normalized spacial score (nSPS) is 28.6. The molecule has 2 saturated heterocycles. The summed E-state index contributed by atoms with van der Waals surface area (Å²) in [5, 5.41) is 11.2. The summed E-state index contributed by atoms with van der Waals surface area (Å²) < 4.78 is 0. The van der Waals surface area contributed by atoms with E-state index >= 15 is 0 Å². The molecule has 25 heavy (non-hydrogen) atoms. The number of hydrogen-bond acceptors (Lipinski definition) is 4. The van der Waals surface area contributed by atoms with Crippen LogP contribution in [0.15, 0.2) is 24.3 Å². The molecular formula is C17H23ClN4O3. The molecule has 0 aromatic heterocycles. The molecule has 2 aliphatic rings. The molecule has 4 amide bonds. The summed E-state index contributed by atoms with van der Waals surface area (Å²) in [4.78, 5) is 35.7. The highest BCUT2D eigenvalue weighted by atomic mass is 35.5. The van der Waals surface area contributed by atoms with E-state index in [-0.39, 0.29) is 24.4 Å². The molecule has 4 N–H and O–H groups in total. The first-order valence-electron chi connectivity index (χ1n) is 8.17. The Morgan fingerprint density at radius 2 is 1.92 bits per heavy atom. The Labute approximate surface area is 152 Å². The predicted molar refractivity (Wildman–Crippen MR) is 95.7 cm³/mol. The van der Waals surface area contributed by atoms with Gasteiger partial charge < -0.3 is 16.0 Å². The number of rotatable bonds is 3. The van der Waals surface area contributed by atoms with Gasteiger partial charge in [-0.25, -0.2) is 4.79 Å². The highest BCUT2D eigenvalue weighted by molar-refractivity contribution is 6.07. The zero-order chi connectivity index (χ0) is 17.3. The number of urea groups is 1. The van der Waals surface area contributed by atoms with E-state index in [0.717, 1.165) is 19.4 Å². The van der Waals surface area contributed by atoms with Crippen LogP contribution in [-0.4, -0.2) is 36.5 Å². The number of halogens is 1. The minimum atomic E-state index is -1.10. The van der Waals surface area contributed by atoms with Crippen molar-refractivity contribution in [1.29, 1.82) is 0 Å². The van der Waals surface area contributed by atoms with Crippen LogP contribution in [0.4, 0.5) is 4.79 Å². The molecule has 2 aliphatic heterocycles. The van der Waals surface area contributed by atoms with Crippen LogP contribution in [0.2, 0.25) is 0 Å². The van der Waals surface area contributed by atoms with Crippen LogP contribution in [0.25, 0.3) is 0 Å². The molecule has 7 nitrogen and oxygen atoms in total. The Bertz CT molecular complexity index is 679. The van der Waals surface area contributed by atoms with Gasteiger partial charge in [-0.05, 0) is 50.9 Å². The van der Waals surface area contributed by atoms with E-state index in [1.54, 1.807) is 31.2 Å². The fourth-order valence-electron chi connectivity index (χ4n) is 3.23. The van der Waals surface area contributed by atoms with Gasteiger partial charge in [0.05, 0.1) is 0 Å². The van der Waals surface area contributed by atoms with Gasteiger partial charge in [-0.3, -0.25) is 14.9 Å². The van der Waals surface area contributed by atoms with Crippen molar-refractivity contribution in [2.24, 2.45) is 0 Å². The zero-order valence-electron chi connectivity index (χ0n) is 14.2. The molecule has 0 radical (unpaired) electrons. The third-order valence-corrected chi connectivity index (χ3v) is 4.73. The molecule has 1 aromatic rings. The summed E-state index contributed by atoms with van der Waals surface area (Å²) in [7, 11) is 0. The number of imide groups is 1. The summed E-state index contributed by atoms with van der Waals surface area (Å²) in [6, 6.07) is 6.82. The third-order valence-electron chi connectivity index (χ3n) is 4.73. The molecule has 3 unspecified atom stereocenters. The lowest BCUT2D eigenvalue weighted by Gasteiger charge is -2.28. The molecule has 2 heterocycles. The molecule has 0 spiro atoms. The first kappa shape index (κ1) is 19.2. The van der Waals surface area contributed by atoms with E-state index in [9.17, 15) is 14.4 Å². The maximum absolute atomic E-state index is 12.4. The van der Waals surface area contributed by atoms with Gasteiger partial charge in [0.15, 0.2) is 0 Å². The number of carbonyl (C=O) groups excluding carboxylic acids is 3. The Morgan fingerprint density at radius 1 is 1.24 bits per heavy atom. The van der Waals surface area contributed by atoms with E-state index in [0.29, 0.717) is 17.2 Å². The maximum Gasteiger partial charge on any atom is 0.322 e. The molecular weight excluding hydrogens is 344 g/mol. The van der Waals surface area contributed by atoms with Crippen molar-refractivity contribution in [2.75, 3.05) is 6.54 Å². The largest absolute Gasteiger partial charge is 0.349 e. The minimum absolute atomic E-state index is 0. The van der Waals surface area contributed by atoms with E-state index in [2.05, 4.69) is 28.2 Å². The summed E-state index contributed by atoms with van der Waals surface area (Å²) in [6.45, 7) is 4.64. The average molecular weight is 367 g/mol. The number of amides is 4. The van der Waals surface area contributed by atoms with Crippen LogP contribution in [0.5, 0.6) is 0 Å². The van der Waals surface area contributed by atoms with Crippen molar-refractivity contribution in [3.63, 3.8) is 0 Å². The van der Waals surface area contributed by atoms with E-state index in [1.165, 1.54) is 0 Å². The molecule has 0 saturated carbocycles. The van der Waals surface area contributed by atoms with E-state index < -0.39 is 17.5 Å². The van der Waals surface area contributed by atoms with Crippen molar-refractivity contribution in [3.8, 4) is 0 Å². The first-order valence-corrected chi connectivity index (χ1v) is 8.17. The van der Waals surface area contributed by atoms with Crippen LogP contribution >= 0.6 is 12.4 Å². The van der Waals surface area contributed by atoms with Gasteiger partial charge in [-0.2, -0.15) is 0 Å². The smallest absolute Gasteiger partial charge is 0.322 e. The highest BCUT2D eigenvalue weighted by Gasteiger charge is 2.43. The first-order chi connectivity index (χ1) is 11.4. The lowest BCUT2D eigenvalue weighted by Crippen LogP contribution is -2.46. The second kappa shape index (κ2) is 7.41. The fraction of sp³-hybridized carbons (Fsp3) is 0.471. The minimum Gasteiger partial charge on any atom is -0.349 e. The van der Waals surface area contributed by atoms with Gasteiger partial charge in [0, 0.05) is 17.6 Å². The van der Waals surface area contributed by atoms with Crippen molar-refractivity contribution in [1.82, 2.24) is 21.3 Å². The average Bonchev–Trinajstić information content (AvgIpc) is 2.81. The fourth-order valence-corrected chi connectivity index (χ4v) is 3.23. The van der Waals surface area contributed by atoms with Gasteiger partial charge >= 0.3 is 6.03 Å². The second-order valence-electron chi connectivity index (χ2n) is 6.66. The van der Waals surface area contributed by atoms with E-state index in [1.807, 2.05) is 0 Å². The van der Waals surface area contributed by atoms with Crippen LogP contribution in [-0.2, 0) is 10.3 Å². The monoisotopic (exact) mass is 366 g/mol. The predicted octanol–water partition coefficient (Wildman–Crippen LogP) is 1.03.